The van der Waals surface area contributed by atoms with Crippen LogP contribution in [-0.2, 0) is 10.1 Å². The summed E-state index contributed by atoms with van der Waals surface area (Å²) in [6.07, 6.45) is 0. The fourth-order valence-corrected chi connectivity index (χ4v) is 2.40. The zero-order valence-corrected chi connectivity index (χ0v) is 14.3. The van der Waals surface area contributed by atoms with Crippen molar-refractivity contribution in [2.24, 2.45) is 5.41 Å². The molecular formula is C16H24BrNO. The summed E-state index contributed by atoms with van der Waals surface area (Å²) in [6, 6.07) is 6.41. The molecule has 0 radical (unpaired) electrons. The van der Waals surface area contributed by atoms with Crippen LogP contribution in [0.15, 0.2) is 18.2 Å². The predicted octanol–water partition coefficient (Wildman–Crippen LogP) is 4.68. The van der Waals surface area contributed by atoms with Crippen LogP contribution < -0.4 is 4.90 Å². The number of aryl methyl sites for hydroxylation is 1. The van der Waals surface area contributed by atoms with Gasteiger partial charge in [-0.05, 0) is 38.0 Å². The zero-order valence-electron chi connectivity index (χ0n) is 12.7. The third kappa shape index (κ3) is 3.82. The lowest BCUT2D eigenvalue weighted by Crippen LogP contribution is -2.44. The SMILES string of the molecule is Cc1cc(CBr)ccc1N(C(=O)C(C)(C)C)C(C)C. The van der Waals surface area contributed by atoms with Crippen molar-refractivity contribution in [3.05, 3.63) is 29.3 Å². The summed E-state index contributed by atoms with van der Waals surface area (Å²) in [6.45, 7) is 12.1. The van der Waals surface area contributed by atoms with Crippen LogP contribution in [-0.4, -0.2) is 11.9 Å². The Balaban J connectivity index is 3.25. The minimum absolute atomic E-state index is 0.153. The average molecular weight is 326 g/mol. The molecule has 2 nitrogen and oxygen atoms in total. The number of halogens is 1. The Morgan fingerprint density at radius 3 is 2.26 bits per heavy atom. The zero-order chi connectivity index (χ0) is 14.8. The molecule has 3 heteroatoms. The lowest BCUT2D eigenvalue weighted by molar-refractivity contribution is -0.126. The third-order valence-electron chi connectivity index (χ3n) is 3.05. The number of carbonyl (C=O) groups excluding carboxylic acids is 1. The molecule has 0 aliphatic rings. The number of anilines is 1. The Morgan fingerprint density at radius 1 is 1.32 bits per heavy atom. The second kappa shape index (κ2) is 6.08. The summed E-state index contributed by atoms with van der Waals surface area (Å²) in [5.74, 6) is 0.164. The molecule has 106 valence electrons. The van der Waals surface area contributed by atoms with Gasteiger partial charge < -0.3 is 4.90 Å². The highest BCUT2D eigenvalue weighted by molar-refractivity contribution is 9.08. The molecule has 0 saturated heterocycles. The lowest BCUT2D eigenvalue weighted by Gasteiger charge is -2.34. The molecule has 1 aromatic rings. The first-order chi connectivity index (χ1) is 8.68. The Labute approximate surface area is 125 Å². The maximum Gasteiger partial charge on any atom is 0.232 e. The largest absolute Gasteiger partial charge is 0.309 e. The molecule has 1 aromatic carbocycles. The highest BCUT2D eigenvalue weighted by Gasteiger charge is 2.30. The van der Waals surface area contributed by atoms with Crippen molar-refractivity contribution in [1.82, 2.24) is 0 Å². The smallest absolute Gasteiger partial charge is 0.232 e. The molecular weight excluding hydrogens is 302 g/mol. The summed E-state index contributed by atoms with van der Waals surface area (Å²) in [5.41, 5.74) is 3.01. The van der Waals surface area contributed by atoms with Gasteiger partial charge in [-0.2, -0.15) is 0 Å². The van der Waals surface area contributed by atoms with Crippen LogP contribution >= 0.6 is 15.9 Å². The first-order valence-electron chi connectivity index (χ1n) is 6.67. The molecule has 0 fully saturated rings. The molecule has 0 spiro atoms. The molecule has 0 bridgehead atoms. The molecule has 0 aliphatic heterocycles. The molecule has 1 rings (SSSR count). The van der Waals surface area contributed by atoms with Crippen molar-refractivity contribution in [2.75, 3.05) is 4.90 Å². The van der Waals surface area contributed by atoms with E-state index in [9.17, 15) is 4.79 Å². The summed E-state index contributed by atoms with van der Waals surface area (Å²) in [4.78, 5) is 14.5. The van der Waals surface area contributed by atoms with E-state index in [1.54, 1.807) is 0 Å². The van der Waals surface area contributed by atoms with Crippen molar-refractivity contribution in [2.45, 2.75) is 52.9 Å². The monoisotopic (exact) mass is 325 g/mol. The van der Waals surface area contributed by atoms with Gasteiger partial charge in [-0.1, -0.05) is 48.8 Å². The van der Waals surface area contributed by atoms with Gasteiger partial charge in [-0.15, -0.1) is 0 Å². The van der Waals surface area contributed by atoms with Gasteiger partial charge in [-0.3, -0.25) is 4.79 Å². The summed E-state index contributed by atoms with van der Waals surface area (Å²) in [7, 11) is 0. The molecule has 1 amide bonds. The highest BCUT2D eigenvalue weighted by atomic mass is 79.9. The van der Waals surface area contributed by atoms with Crippen LogP contribution in [0.1, 0.15) is 45.7 Å². The summed E-state index contributed by atoms with van der Waals surface area (Å²) in [5, 5.41) is 0.836. The molecule has 0 unspecified atom stereocenters. The number of hydrogen-bond acceptors (Lipinski definition) is 1. The van der Waals surface area contributed by atoms with Gasteiger partial charge in [-0.25, -0.2) is 0 Å². The van der Waals surface area contributed by atoms with E-state index >= 15 is 0 Å². The van der Waals surface area contributed by atoms with Gasteiger partial charge in [0.1, 0.15) is 0 Å². The number of nitrogens with zero attached hydrogens (tertiary/aromatic N) is 1. The first-order valence-corrected chi connectivity index (χ1v) is 7.79. The number of rotatable bonds is 3. The minimum Gasteiger partial charge on any atom is -0.309 e. The number of benzene rings is 1. The van der Waals surface area contributed by atoms with E-state index in [2.05, 4.69) is 54.9 Å². The second-order valence-electron chi connectivity index (χ2n) is 6.27. The quantitative estimate of drug-likeness (QED) is 0.739. The van der Waals surface area contributed by atoms with Crippen molar-refractivity contribution < 1.29 is 4.79 Å². The van der Waals surface area contributed by atoms with E-state index < -0.39 is 0 Å². The Bertz CT molecular complexity index is 460. The third-order valence-corrected chi connectivity index (χ3v) is 3.70. The van der Waals surface area contributed by atoms with E-state index in [-0.39, 0.29) is 17.4 Å². The molecule has 0 N–H and O–H groups in total. The number of alkyl halides is 1. The normalized spacial score (nSPS) is 11.8. The van der Waals surface area contributed by atoms with E-state index in [1.807, 2.05) is 25.7 Å². The predicted molar refractivity (Wildman–Crippen MR) is 85.9 cm³/mol. The Morgan fingerprint density at radius 2 is 1.89 bits per heavy atom. The number of carbonyl (C=O) groups is 1. The molecule has 0 saturated carbocycles. The second-order valence-corrected chi connectivity index (χ2v) is 6.83. The lowest BCUT2D eigenvalue weighted by atomic mass is 9.93. The summed E-state index contributed by atoms with van der Waals surface area (Å²) >= 11 is 3.46. The van der Waals surface area contributed by atoms with Gasteiger partial charge >= 0.3 is 0 Å². The number of amides is 1. The number of hydrogen-bond donors (Lipinski definition) is 0. The Kier molecular flexibility index (Phi) is 5.19. The fraction of sp³-hybridized carbons (Fsp3) is 0.562. The molecule has 0 aromatic heterocycles. The topological polar surface area (TPSA) is 20.3 Å². The van der Waals surface area contributed by atoms with Crippen molar-refractivity contribution in [3.8, 4) is 0 Å². The highest BCUT2D eigenvalue weighted by Crippen LogP contribution is 2.29. The van der Waals surface area contributed by atoms with Gasteiger partial charge in [0.25, 0.3) is 0 Å². The van der Waals surface area contributed by atoms with Crippen LogP contribution in [0.5, 0.6) is 0 Å². The van der Waals surface area contributed by atoms with E-state index in [0.717, 1.165) is 16.6 Å². The molecule has 0 aliphatic carbocycles. The van der Waals surface area contributed by atoms with Crippen molar-refractivity contribution >= 4 is 27.5 Å². The maximum absolute atomic E-state index is 12.6. The van der Waals surface area contributed by atoms with Crippen LogP contribution in [0, 0.1) is 12.3 Å². The van der Waals surface area contributed by atoms with Crippen LogP contribution in [0.2, 0.25) is 0 Å². The molecule has 0 heterocycles. The average Bonchev–Trinajstić information content (AvgIpc) is 2.29. The van der Waals surface area contributed by atoms with Gasteiger partial charge in [0.05, 0.1) is 0 Å². The van der Waals surface area contributed by atoms with Gasteiger partial charge in [0.15, 0.2) is 0 Å². The molecule has 19 heavy (non-hydrogen) atoms. The van der Waals surface area contributed by atoms with Crippen LogP contribution in [0.4, 0.5) is 5.69 Å². The summed E-state index contributed by atoms with van der Waals surface area (Å²) < 4.78 is 0. The van der Waals surface area contributed by atoms with Gasteiger partial charge in [0.2, 0.25) is 5.91 Å². The standard InChI is InChI=1S/C16H24BrNO/c1-11(2)18(15(19)16(4,5)6)14-8-7-13(10-17)9-12(14)3/h7-9,11H,10H2,1-6H3. The van der Waals surface area contributed by atoms with Crippen LogP contribution in [0.25, 0.3) is 0 Å². The first kappa shape index (κ1) is 16.2. The molecule has 0 atom stereocenters. The fourth-order valence-electron chi connectivity index (χ4n) is 2.05. The van der Waals surface area contributed by atoms with Crippen molar-refractivity contribution in [1.29, 1.82) is 0 Å². The van der Waals surface area contributed by atoms with E-state index in [1.165, 1.54) is 5.56 Å². The Hall–Kier alpha value is -0.830. The van der Waals surface area contributed by atoms with Crippen molar-refractivity contribution in [3.63, 3.8) is 0 Å². The van der Waals surface area contributed by atoms with E-state index in [4.69, 9.17) is 0 Å². The minimum atomic E-state index is -0.370. The van der Waals surface area contributed by atoms with Gasteiger partial charge in [0, 0.05) is 22.5 Å². The maximum atomic E-state index is 12.6. The van der Waals surface area contributed by atoms with Crippen LogP contribution in [0.3, 0.4) is 0 Å². The van der Waals surface area contributed by atoms with E-state index in [0.29, 0.717) is 0 Å².